The summed E-state index contributed by atoms with van der Waals surface area (Å²) >= 11 is 1.74. The van der Waals surface area contributed by atoms with E-state index in [1.165, 1.54) is 26.6 Å². The molecule has 0 aliphatic heterocycles. The van der Waals surface area contributed by atoms with Gasteiger partial charge in [0.05, 0.1) is 10.2 Å². The van der Waals surface area contributed by atoms with Crippen LogP contribution in [-0.2, 0) is 0 Å². The van der Waals surface area contributed by atoms with Gasteiger partial charge in [-0.1, -0.05) is 60.7 Å². The SMILES string of the molecule is Cc1ccccc1C=Cc1nc2c(ccc3ccccc32)s1. The van der Waals surface area contributed by atoms with Gasteiger partial charge < -0.3 is 0 Å². The van der Waals surface area contributed by atoms with Crippen molar-refractivity contribution < 1.29 is 0 Å². The van der Waals surface area contributed by atoms with E-state index >= 15 is 0 Å². The minimum absolute atomic E-state index is 1.05. The molecule has 1 aromatic heterocycles. The fourth-order valence-corrected chi connectivity index (χ4v) is 3.57. The highest BCUT2D eigenvalue weighted by molar-refractivity contribution is 7.19. The van der Waals surface area contributed by atoms with Gasteiger partial charge in [-0.25, -0.2) is 4.98 Å². The zero-order valence-corrected chi connectivity index (χ0v) is 13.1. The molecule has 0 saturated carbocycles. The summed E-state index contributed by atoms with van der Waals surface area (Å²) in [4.78, 5) is 4.82. The molecule has 106 valence electrons. The van der Waals surface area contributed by atoms with Crippen LogP contribution in [0, 0.1) is 6.92 Å². The van der Waals surface area contributed by atoms with Gasteiger partial charge in [-0.3, -0.25) is 0 Å². The molecule has 1 heterocycles. The Kier molecular flexibility index (Phi) is 3.24. The van der Waals surface area contributed by atoms with Gasteiger partial charge in [0.25, 0.3) is 0 Å². The van der Waals surface area contributed by atoms with E-state index in [4.69, 9.17) is 4.98 Å². The smallest absolute Gasteiger partial charge is 0.117 e. The molecule has 0 unspecified atom stereocenters. The van der Waals surface area contributed by atoms with Crippen LogP contribution in [0.2, 0.25) is 0 Å². The van der Waals surface area contributed by atoms with Crippen molar-refractivity contribution >= 4 is 44.5 Å². The Labute approximate surface area is 133 Å². The molecule has 0 N–H and O–H groups in total. The number of nitrogens with zero attached hydrogens (tertiary/aromatic N) is 1. The van der Waals surface area contributed by atoms with Gasteiger partial charge in [0, 0.05) is 5.39 Å². The van der Waals surface area contributed by atoms with E-state index in [1.807, 2.05) is 0 Å². The highest BCUT2D eigenvalue weighted by Crippen LogP contribution is 2.30. The summed E-state index contributed by atoms with van der Waals surface area (Å²) in [5.41, 5.74) is 3.63. The normalized spacial score (nSPS) is 11.7. The number of benzene rings is 3. The molecule has 0 spiro atoms. The van der Waals surface area contributed by atoms with Gasteiger partial charge in [-0.15, -0.1) is 11.3 Å². The molecule has 4 rings (SSSR count). The lowest BCUT2D eigenvalue weighted by Crippen LogP contribution is -1.78. The molecule has 0 amide bonds. The molecule has 4 aromatic rings. The largest absolute Gasteiger partial charge is 0.236 e. The number of hydrogen-bond donors (Lipinski definition) is 0. The Morgan fingerprint density at radius 2 is 1.68 bits per heavy atom. The van der Waals surface area contributed by atoms with E-state index in [2.05, 4.69) is 79.7 Å². The molecule has 0 radical (unpaired) electrons. The van der Waals surface area contributed by atoms with E-state index in [9.17, 15) is 0 Å². The van der Waals surface area contributed by atoms with Crippen LogP contribution in [0.4, 0.5) is 0 Å². The van der Waals surface area contributed by atoms with Crippen molar-refractivity contribution in [3.8, 4) is 0 Å². The van der Waals surface area contributed by atoms with Gasteiger partial charge in [0.15, 0.2) is 0 Å². The standard InChI is InChI=1S/C20H15NS/c1-14-6-2-3-7-15(14)11-13-19-21-20-17-9-5-4-8-16(17)10-12-18(20)22-19/h2-13H,1H3. The molecule has 22 heavy (non-hydrogen) atoms. The molecule has 0 aliphatic rings. The molecule has 1 nitrogen and oxygen atoms in total. The molecule has 2 heteroatoms. The maximum Gasteiger partial charge on any atom is 0.117 e. The van der Waals surface area contributed by atoms with Crippen LogP contribution in [0.3, 0.4) is 0 Å². The number of hydrogen-bond acceptors (Lipinski definition) is 2. The third kappa shape index (κ3) is 2.32. The lowest BCUT2D eigenvalue weighted by molar-refractivity contribution is 1.44. The summed E-state index contributed by atoms with van der Waals surface area (Å²) in [6, 6.07) is 21.2. The van der Waals surface area contributed by atoms with Crippen LogP contribution in [0.1, 0.15) is 16.1 Å². The quantitative estimate of drug-likeness (QED) is 0.447. The average molecular weight is 301 g/mol. The first-order valence-corrected chi connectivity index (χ1v) is 8.15. The van der Waals surface area contributed by atoms with Crippen molar-refractivity contribution in [1.29, 1.82) is 0 Å². The third-order valence-corrected chi connectivity index (χ3v) is 4.88. The maximum atomic E-state index is 4.82. The van der Waals surface area contributed by atoms with Crippen molar-refractivity contribution in [1.82, 2.24) is 4.98 Å². The molecular formula is C20H15NS. The summed E-state index contributed by atoms with van der Waals surface area (Å²) in [5.74, 6) is 0. The van der Waals surface area contributed by atoms with Crippen molar-refractivity contribution in [3.05, 3.63) is 76.8 Å². The van der Waals surface area contributed by atoms with E-state index in [-0.39, 0.29) is 0 Å². The first-order chi connectivity index (χ1) is 10.8. The molecule has 0 bridgehead atoms. The number of fused-ring (bicyclic) bond motifs is 3. The number of aromatic nitrogens is 1. The predicted octanol–water partition coefficient (Wildman–Crippen LogP) is 5.93. The minimum Gasteiger partial charge on any atom is -0.236 e. The van der Waals surface area contributed by atoms with Crippen LogP contribution in [-0.4, -0.2) is 4.98 Å². The number of aryl methyl sites for hydroxylation is 1. The summed E-state index contributed by atoms with van der Waals surface area (Å²) in [6.45, 7) is 2.13. The first-order valence-electron chi connectivity index (χ1n) is 7.33. The van der Waals surface area contributed by atoms with Crippen LogP contribution in [0.25, 0.3) is 33.1 Å². The Morgan fingerprint density at radius 3 is 2.59 bits per heavy atom. The Balaban J connectivity index is 1.80. The second-order valence-electron chi connectivity index (χ2n) is 5.38. The monoisotopic (exact) mass is 301 g/mol. The molecule has 0 atom stereocenters. The minimum atomic E-state index is 1.05. The fraction of sp³-hybridized carbons (Fsp3) is 0.0500. The molecule has 0 aliphatic carbocycles. The maximum absolute atomic E-state index is 4.82. The molecule has 3 aromatic carbocycles. The molecule has 0 fully saturated rings. The number of rotatable bonds is 2. The topological polar surface area (TPSA) is 12.9 Å². The van der Waals surface area contributed by atoms with E-state index < -0.39 is 0 Å². The fourth-order valence-electron chi connectivity index (χ4n) is 2.68. The van der Waals surface area contributed by atoms with E-state index in [0.717, 1.165) is 10.5 Å². The molecular weight excluding hydrogens is 286 g/mol. The van der Waals surface area contributed by atoms with Gasteiger partial charge in [-0.05, 0) is 35.6 Å². The third-order valence-electron chi connectivity index (χ3n) is 3.89. The zero-order valence-electron chi connectivity index (χ0n) is 12.3. The van der Waals surface area contributed by atoms with Crippen molar-refractivity contribution in [3.63, 3.8) is 0 Å². The van der Waals surface area contributed by atoms with Crippen LogP contribution in [0.15, 0.2) is 60.7 Å². The highest BCUT2D eigenvalue weighted by Gasteiger charge is 2.05. The average Bonchev–Trinajstić information content (AvgIpc) is 2.98. The van der Waals surface area contributed by atoms with Gasteiger partial charge in [-0.2, -0.15) is 0 Å². The van der Waals surface area contributed by atoms with Gasteiger partial charge in [0.1, 0.15) is 5.01 Å². The summed E-state index contributed by atoms with van der Waals surface area (Å²) in [7, 11) is 0. The lowest BCUT2D eigenvalue weighted by atomic mass is 10.1. The predicted molar refractivity (Wildman–Crippen MR) is 97.2 cm³/mol. The van der Waals surface area contributed by atoms with E-state index in [0.29, 0.717) is 0 Å². The van der Waals surface area contributed by atoms with Gasteiger partial charge >= 0.3 is 0 Å². The second kappa shape index (κ2) is 5.39. The Hall–Kier alpha value is -2.45. The summed E-state index contributed by atoms with van der Waals surface area (Å²) in [5, 5.41) is 3.52. The van der Waals surface area contributed by atoms with Gasteiger partial charge in [0.2, 0.25) is 0 Å². The summed E-state index contributed by atoms with van der Waals surface area (Å²) < 4.78 is 1.24. The first kappa shape index (κ1) is 13.2. The summed E-state index contributed by atoms with van der Waals surface area (Å²) in [6.07, 6.45) is 4.26. The number of thiazole rings is 1. The van der Waals surface area contributed by atoms with Crippen LogP contribution in [0.5, 0.6) is 0 Å². The van der Waals surface area contributed by atoms with Crippen LogP contribution < -0.4 is 0 Å². The van der Waals surface area contributed by atoms with E-state index in [1.54, 1.807) is 11.3 Å². The Bertz CT molecular complexity index is 995. The second-order valence-corrected chi connectivity index (χ2v) is 6.44. The lowest BCUT2D eigenvalue weighted by Gasteiger charge is -1.97. The van der Waals surface area contributed by atoms with Crippen molar-refractivity contribution in [2.75, 3.05) is 0 Å². The van der Waals surface area contributed by atoms with Crippen molar-refractivity contribution in [2.24, 2.45) is 0 Å². The van der Waals surface area contributed by atoms with Crippen molar-refractivity contribution in [2.45, 2.75) is 6.92 Å². The Morgan fingerprint density at radius 1 is 0.864 bits per heavy atom. The van der Waals surface area contributed by atoms with Crippen LogP contribution >= 0.6 is 11.3 Å². The zero-order chi connectivity index (χ0) is 14.9. The molecule has 0 saturated heterocycles. The highest BCUT2D eigenvalue weighted by atomic mass is 32.1.